The molecule has 8 nitrogen and oxygen atoms in total. The summed E-state index contributed by atoms with van der Waals surface area (Å²) in [6, 6.07) is 6.01. The van der Waals surface area contributed by atoms with Crippen LogP contribution in [-0.2, 0) is 6.42 Å². The Bertz CT molecular complexity index is 744. The van der Waals surface area contributed by atoms with Crippen molar-refractivity contribution in [3.63, 3.8) is 0 Å². The Kier molecular flexibility index (Phi) is 4.64. The average molecular weight is 327 g/mol. The summed E-state index contributed by atoms with van der Waals surface area (Å²) in [6.07, 6.45) is 5.96. The number of carbonyl (C=O) groups excluding carboxylic acids is 1. The third-order valence-electron chi connectivity index (χ3n) is 3.69. The number of non-ortho nitro benzene ring substituents is 1. The lowest BCUT2D eigenvalue weighted by molar-refractivity contribution is -0.384. The van der Waals surface area contributed by atoms with Gasteiger partial charge in [-0.1, -0.05) is 12.1 Å². The number of nitrogens with zero attached hydrogens (tertiary/aromatic N) is 3. The highest BCUT2D eigenvalue weighted by atomic mass is 16.6. The average Bonchev–Trinajstić information content (AvgIpc) is 3.41. The number of nitro groups is 1. The Morgan fingerprint density at radius 3 is 2.71 bits per heavy atom. The van der Waals surface area contributed by atoms with Crippen molar-refractivity contribution in [3.8, 4) is 0 Å². The van der Waals surface area contributed by atoms with E-state index >= 15 is 0 Å². The molecule has 0 bridgehead atoms. The second kappa shape index (κ2) is 7.03. The maximum absolute atomic E-state index is 11.8. The van der Waals surface area contributed by atoms with E-state index in [0.29, 0.717) is 24.6 Å². The van der Waals surface area contributed by atoms with Gasteiger partial charge in [0.1, 0.15) is 5.82 Å². The van der Waals surface area contributed by atoms with E-state index in [1.165, 1.54) is 12.1 Å². The zero-order valence-corrected chi connectivity index (χ0v) is 12.9. The third kappa shape index (κ3) is 4.25. The van der Waals surface area contributed by atoms with Gasteiger partial charge in [0.2, 0.25) is 0 Å². The van der Waals surface area contributed by atoms with Gasteiger partial charge in [0.05, 0.1) is 23.0 Å². The van der Waals surface area contributed by atoms with Gasteiger partial charge >= 0.3 is 6.03 Å². The predicted octanol–water partition coefficient (Wildman–Crippen LogP) is 2.63. The molecule has 1 aliphatic carbocycles. The number of rotatable bonds is 6. The van der Waals surface area contributed by atoms with Gasteiger partial charge < -0.3 is 10.6 Å². The van der Waals surface area contributed by atoms with E-state index in [1.54, 1.807) is 24.5 Å². The normalized spacial score (nSPS) is 13.3. The molecule has 1 saturated carbocycles. The van der Waals surface area contributed by atoms with Crippen LogP contribution < -0.4 is 10.6 Å². The maximum atomic E-state index is 11.8. The molecule has 0 unspecified atom stereocenters. The van der Waals surface area contributed by atoms with Crippen LogP contribution in [0.4, 0.5) is 16.2 Å². The van der Waals surface area contributed by atoms with Crippen molar-refractivity contribution >= 4 is 17.4 Å². The number of anilines is 1. The molecule has 1 heterocycles. The SMILES string of the molecule is O=C(NCCc1cccc([N+](=O)[O-])c1)Nc1cnc(C2CC2)nc1. The van der Waals surface area contributed by atoms with E-state index in [9.17, 15) is 14.9 Å². The summed E-state index contributed by atoms with van der Waals surface area (Å²) in [5.41, 5.74) is 1.37. The molecule has 0 saturated heterocycles. The Morgan fingerprint density at radius 2 is 2.04 bits per heavy atom. The van der Waals surface area contributed by atoms with Crippen molar-refractivity contribution in [3.05, 3.63) is 58.2 Å². The van der Waals surface area contributed by atoms with Crippen molar-refractivity contribution < 1.29 is 9.72 Å². The molecule has 0 aliphatic heterocycles. The summed E-state index contributed by atoms with van der Waals surface area (Å²) in [6.45, 7) is 0.369. The molecule has 0 spiro atoms. The lowest BCUT2D eigenvalue weighted by Gasteiger charge is -2.07. The summed E-state index contributed by atoms with van der Waals surface area (Å²) < 4.78 is 0. The Hall–Kier alpha value is -3.03. The van der Waals surface area contributed by atoms with Gasteiger partial charge in [0, 0.05) is 24.6 Å². The highest BCUT2D eigenvalue weighted by Gasteiger charge is 2.26. The number of carbonyl (C=O) groups is 1. The summed E-state index contributed by atoms with van der Waals surface area (Å²) in [5.74, 6) is 1.30. The van der Waals surface area contributed by atoms with Crippen LogP contribution in [0, 0.1) is 10.1 Å². The molecule has 2 amide bonds. The van der Waals surface area contributed by atoms with Crippen LogP contribution in [0.2, 0.25) is 0 Å². The van der Waals surface area contributed by atoms with Crippen molar-refractivity contribution in [1.82, 2.24) is 15.3 Å². The Balaban J connectivity index is 1.45. The van der Waals surface area contributed by atoms with Crippen LogP contribution in [0.5, 0.6) is 0 Å². The molecule has 0 radical (unpaired) electrons. The summed E-state index contributed by atoms with van der Waals surface area (Å²) in [7, 11) is 0. The lowest BCUT2D eigenvalue weighted by atomic mass is 10.1. The van der Waals surface area contributed by atoms with Gasteiger partial charge in [-0.15, -0.1) is 0 Å². The van der Waals surface area contributed by atoms with Gasteiger partial charge in [-0.3, -0.25) is 10.1 Å². The molecule has 24 heavy (non-hydrogen) atoms. The Labute approximate surface area is 138 Å². The molecule has 1 aromatic carbocycles. The van der Waals surface area contributed by atoms with Crippen molar-refractivity contribution in [2.45, 2.75) is 25.2 Å². The lowest BCUT2D eigenvalue weighted by Crippen LogP contribution is -2.30. The van der Waals surface area contributed by atoms with E-state index in [0.717, 1.165) is 24.2 Å². The number of nitrogens with one attached hydrogen (secondary N) is 2. The first kappa shape index (κ1) is 15.9. The molecular formula is C16H17N5O3. The number of nitro benzene ring substituents is 1. The van der Waals surface area contributed by atoms with Gasteiger partial charge in [-0.05, 0) is 24.8 Å². The molecule has 8 heteroatoms. The number of benzene rings is 1. The van der Waals surface area contributed by atoms with Crippen molar-refractivity contribution in [1.29, 1.82) is 0 Å². The summed E-state index contributed by atoms with van der Waals surface area (Å²) >= 11 is 0. The molecule has 1 aromatic heterocycles. The second-order valence-electron chi connectivity index (χ2n) is 5.66. The molecule has 1 fully saturated rings. The third-order valence-corrected chi connectivity index (χ3v) is 3.69. The van der Waals surface area contributed by atoms with Crippen LogP contribution in [0.25, 0.3) is 0 Å². The minimum absolute atomic E-state index is 0.0462. The predicted molar refractivity (Wildman–Crippen MR) is 87.8 cm³/mol. The molecule has 0 atom stereocenters. The Morgan fingerprint density at radius 1 is 1.29 bits per heavy atom. The van der Waals surface area contributed by atoms with Crippen LogP contribution in [0.3, 0.4) is 0 Å². The quantitative estimate of drug-likeness (QED) is 0.626. The minimum atomic E-state index is -0.436. The van der Waals surface area contributed by atoms with Crippen LogP contribution in [0.15, 0.2) is 36.7 Å². The first-order chi connectivity index (χ1) is 11.6. The fraction of sp³-hybridized carbons (Fsp3) is 0.312. The van der Waals surface area contributed by atoms with E-state index < -0.39 is 4.92 Å². The van der Waals surface area contributed by atoms with Gasteiger partial charge in [0.25, 0.3) is 5.69 Å². The number of hydrogen-bond donors (Lipinski definition) is 2. The number of urea groups is 1. The zero-order chi connectivity index (χ0) is 16.9. The first-order valence-corrected chi connectivity index (χ1v) is 7.72. The van der Waals surface area contributed by atoms with Crippen LogP contribution in [-0.4, -0.2) is 27.5 Å². The van der Waals surface area contributed by atoms with Crippen molar-refractivity contribution in [2.75, 3.05) is 11.9 Å². The van der Waals surface area contributed by atoms with E-state index in [2.05, 4.69) is 20.6 Å². The topological polar surface area (TPSA) is 110 Å². The smallest absolute Gasteiger partial charge is 0.319 e. The number of amides is 2. The minimum Gasteiger partial charge on any atom is -0.338 e. The van der Waals surface area contributed by atoms with Gasteiger partial charge in [-0.2, -0.15) is 0 Å². The van der Waals surface area contributed by atoms with Crippen LogP contribution >= 0.6 is 0 Å². The van der Waals surface area contributed by atoms with E-state index in [4.69, 9.17) is 0 Å². The molecule has 2 N–H and O–H groups in total. The highest BCUT2D eigenvalue weighted by Crippen LogP contribution is 2.37. The molecule has 3 rings (SSSR count). The fourth-order valence-corrected chi connectivity index (χ4v) is 2.28. The fourth-order valence-electron chi connectivity index (χ4n) is 2.28. The standard InChI is InChI=1S/C16H17N5O3/c22-16(20-13-9-18-15(19-10-13)12-4-5-12)17-7-6-11-2-1-3-14(8-11)21(23)24/h1-3,8-10,12H,4-7H2,(H2,17,20,22). The number of aromatic nitrogens is 2. The first-order valence-electron chi connectivity index (χ1n) is 7.72. The molecule has 2 aromatic rings. The van der Waals surface area contributed by atoms with Crippen molar-refractivity contribution in [2.24, 2.45) is 0 Å². The zero-order valence-electron chi connectivity index (χ0n) is 12.9. The summed E-state index contributed by atoms with van der Waals surface area (Å²) in [5, 5.41) is 16.1. The van der Waals surface area contributed by atoms with Gasteiger partial charge in [0.15, 0.2) is 0 Å². The molecule has 1 aliphatic rings. The monoisotopic (exact) mass is 327 g/mol. The largest absolute Gasteiger partial charge is 0.338 e. The van der Waals surface area contributed by atoms with Crippen LogP contribution in [0.1, 0.15) is 30.1 Å². The highest BCUT2D eigenvalue weighted by molar-refractivity contribution is 5.88. The maximum Gasteiger partial charge on any atom is 0.319 e. The van der Waals surface area contributed by atoms with E-state index in [-0.39, 0.29) is 11.7 Å². The van der Waals surface area contributed by atoms with E-state index in [1.807, 2.05) is 0 Å². The summed E-state index contributed by atoms with van der Waals surface area (Å²) in [4.78, 5) is 30.6. The number of hydrogen-bond acceptors (Lipinski definition) is 5. The molecule has 124 valence electrons. The second-order valence-corrected chi connectivity index (χ2v) is 5.66. The van der Waals surface area contributed by atoms with Gasteiger partial charge in [-0.25, -0.2) is 14.8 Å². The molecular weight excluding hydrogens is 310 g/mol.